The third kappa shape index (κ3) is 3.09. The van der Waals surface area contributed by atoms with E-state index in [4.69, 9.17) is 0 Å². The summed E-state index contributed by atoms with van der Waals surface area (Å²) in [5, 5.41) is 0. The van der Waals surface area contributed by atoms with Crippen molar-refractivity contribution in [1.82, 2.24) is 0 Å². The highest BCUT2D eigenvalue weighted by molar-refractivity contribution is 14.1. The lowest BCUT2D eigenvalue weighted by Crippen LogP contribution is -2.01. The molecule has 0 amide bonds. The minimum atomic E-state index is -0.230. The van der Waals surface area contributed by atoms with Gasteiger partial charge in [0.2, 0.25) is 0 Å². The van der Waals surface area contributed by atoms with Gasteiger partial charge in [0, 0.05) is 3.57 Å². The van der Waals surface area contributed by atoms with Gasteiger partial charge in [0.05, 0.1) is 6.67 Å². The highest BCUT2D eigenvalue weighted by Gasteiger charge is 2.01. The molecule has 0 bridgehead atoms. The van der Waals surface area contributed by atoms with Crippen molar-refractivity contribution in [3.8, 4) is 0 Å². The maximum Gasteiger partial charge on any atom is 0.0923 e. The van der Waals surface area contributed by atoms with Crippen molar-refractivity contribution in [2.75, 3.05) is 6.67 Å². The topological polar surface area (TPSA) is 0 Å². The Bertz CT molecular complexity index is 230. The van der Waals surface area contributed by atoms with E-state index in [0.717, 1.165) is 6.42 Å². The van der Waals surface area contributed by atoms with E-state index in [1.165, 1.54) is 9.13 Å². The van der Waals surface area contributed by atoms with Gasteiger partial charge in [-0.1, -0.05) is 19.1 Å². The highest BCUT2D eigenvalue weighted by Crippen LogP contribution is 2.11. The third-order valence-electron chi connectivity index (χ3n) is 1.76. The Morgan fingerprint density at radius 2 is 1.92 bits per heavy atom. The quantitative estimate of drug-likeness (QED) is 0.743. The maximum atomic E-state index is 12.2. The molecular formula is C10H12FI. The first-order valence-corrected chi connectivity index (χ1v) is 5.10. The van der Waals surface area contributed by atoms with E-state index in [1.54, 1.807) is 0 Å². The van der Waals surface area contributed by atoms with Crippen LogP contribution in [0.1, 0.15) is 12.5 Å². The maximum absolute atomic E-state index is 12.2. The summed E-state index contributed by atoms with van der Waals surface area (Å²) in [6, 6.07) is 8.24. The molecule has 0 aliphatic carbocycles. The summed E-state index contributed by atoms with van der Waals surface area (Å²) < 4.78 is 13.4. The molecule has 0 spiro atoms. The minimum absolute atomic E-state index is 0.144. The van der Waals surface area contributed by atoms with Crippen molar-refractivity contribution < 1.29 is 4.39 Å². The van der Waals surface area contributed by atoms with Crippen LogP contribution in [0.25, 0.3) is 0 Å². The van der Waals surface area contributed by atoms with Crippen molar-refractivity contribution >= 4 is 22.6 Å². The monoisotopic (exact) mass is 278 g/mol. The Morgan fingerprint density at radius 1 is 1.33 bits per heavy atom. The molecule has 12 heavy (non-hydrogen) atoms. The molecule has 0 aliphatic heterocycles. The van der Waals surface area contributed by atoms with Crippen LogP contribution in [-0.4, -0.2) is 6.67 Å². The zero-order chi connectivity index (χ0) is 8.97. The predicted octanol–water partition coefficient (Wildman–Crippen LogP) is 3.44. The Labute approximate surface area is 86.3 Å². The highest BCUT2D eigenvalue weighted by atomic mass is 127. The third-order valence-corrected chi connectivity index (χ3v) is 2.48. The van der Waals surface area contributed by atoms with E-state index >= 15 is 0 Å². The fraction of sp³-hybridized carbons (Fsp3) is 0.400. The summed E-state index contributed by atoms with van der Waals surface area (Å²) in [4.78, 5) is 0. The van der Waals surface area contributed by atoms with Crippen LogP contribution < -0.4 is 0 Å². The molecule has 1 atom stereocenters. The van der Waals surface area contributed by atoms with E-state index in [1.807, 2.05) is 6.92 Å². The summed E-state index contributed by atoms with van der Waals surface area (Å²) in [6.45, 7) is 1.70. The molecule has 66 valence electrons. The molecule has 2 heteroatoms. The Balaban J connectivity index is 2.58. The molecule has 1 aromatic rings. The largest absolute Gasteiger partial charge is 0.251 e. The first-order valence-electron chi connectivity index (χ1n) is 4.03. The van der Waals surface area contributed by atoms with E-state index in [-0.39, 0.29) is 12.6 Å². The first-order chi connectivity index (χ1) is 5.72. The summed E-state index contributed by atoms with van der Waals surface area (Å²) in [7, 11) is 0. The molecule has 0 unspecified atom stereocenters. The first kappa shape index (κ1) is 9.96. The van der Waals surface area contributed by atoms with Gasteiger partial charge in [-0.3, -0.25) is 4.39 Å². The van der Waals surface area contributed by atoms with E-state index in [0.29, 0.717) is 0 Å². The molecule has 0 nitrogen and oxygen atoms in total. The molecular weight excluding hydrogens is 266 g/mol. The van der Waals surface area contributed by atoms with Gasteiger partial charge in [-0.2, -0.15) is 0 Å². The summed E-state index contributed by atoms with van der Waals surface area (Å²) >= 11 is 2.27. The molecule has 0 aromatic heterocycles. The number of benzene rings is 1. The Morgan fingerprint density at radius 3 is 2.42 bits per heavy atom. The number of hydrogen-bond acceptors (Lipinski definition) is 0. The van der Waals surface area contributed by atoms with Crippen LogP contribution in [0.3, 0.4) is 0 Å². The van der Waals surface area contributed by atoms with Gasteiger partial charge >= 0.3 is 0 Å². The molecule has 0 fully saturated rings. The zero-order valence-electron chi connectivity index (χ0n) is 7.06. The van der Waals surface area contributed by atoms with E-state index < -0.39 is 0 Å². The van der Waals surface area contributed by atoms with Crippen LogP contribution in [0.15, 0.2) is 24.3 Å². The van der Waals surface area contributed by atoms with Gasteiger partial charge in [-0.15, -0.1) is 0 Å². The van der Waals surface area contributed by atoms with Crippen LogP contribution >= 0.6 is 22.6 Å². The van der Waals surface area contributed by atoms with Crippen LogP contribution in [0.5, 0.6) is 0 Å². The van der Waals surface area contributed by atoms with Crippen molar-refractivity contribution in [2.24, 2.45) is 5.92 Å². The van der Waals surface area contributed by atoms with Gasteiger partial charge < -0.3 is 0 Å². The van der Waals surface area contributed by atoms with Crippen LogP contribution in [0.2, 0.25) is 0 Å². The number of hydrogen-bond donors (Lipinski definition) is 0. The zero-order valence-corrected chi connectivity index (χ0v) is 9.21. The summed E-state index contributed by atoms with van der Waals surface area (Å²) in [5.41, 5.74) is 1.22. The van der Waals surface area contributed by atoms with Gasteiger partial charge in [-0.05, 0) is 52.6 Å². The number of halogens is 2. The molecule has 0 radical (unpaired) electrons. The lowest BCUT2D eigenvalue weighted by Gasteiger charge is -2.05. The van der Waals surface area contributed by atoms with Gasteiger partial charge in [0.15, 0.2) is 0 Å². The Hall–Kier alpha value is -0.120. The molecule has 0 saturated heterocycles. The molecule has 0 saturated carbocycles. The standard InChI is InChI=1S/C10H12FI/c1-8(7-11)6-9-2-4-10(12)5-3-9/h2-5,8H,6-7H2,1H3/t8-/m0/s1. The molecule has 1 rings (SSSR count). The van der Waals surface area contributed by atoms with Crippen LogP contribution in [-0.2, 0) is 6.42 Å². The number of alkyl halides is 1. The Kier molecular flexibility index (Phi) is 3.98. The van der Waals surface area contributed by atoms with Gasteiger partial charge in [0.25, 0.3) is 0 Å². The second-order valence-corrected chi connectivity index (χ2v) is 4.34. The van der Waals surface area contributed by atoms with Crippen molar-refractivity contribution in [1.29, 1.82) is 0 Å². The van der Waals surface area contributed by atoms with Crippen molar-refractivity contribution in [3.05, 3.63) is 33.4 Å². The van der Waals surface area contributed by atoms with E-state index in [2.05, 4.69) is 46.9 Å². The smallest absolute Gasteiger partial charge is 0.0923 e. The van der Waals surface area contributed by atoms with Gasteiger partial charge in [0.1, 0.15) is 0 Å². The lowest BCUT2D eigenvalue weighted by atomic mass is 10.0. The lowest BCUT2D eigenvalue weighted by molar-refractivity contribution is 0.381. The van der Waals surface area contributed by atoms with Gasteiger partial charge in [-0.25, -0.2) is 0 Å². The molecule has 1 aromatic carbocycles. The average molecular weight is 278 g/mol. The normalized spacial score (nSPS) is 12.9. The second kappa shape index (κ2) is 4.80. The molecule has 0 N–H and O–H groups in total. The van der Waals surface area contributed by atoms with Crippen LogP contribution in [0, 0.1) is 9.49 Å². The molecule has 0 heterocycles. The summed E-state index contributed by atoms with van der Waals surface area (Å²) in [5.74, 6) is 0.144. The van der Waals surface area contributed by atoms with E-state index in [9.17, 15) is 4.39 Å². The predicted molar refractivity (Wildman–Crippen MR) is 58.0 cm³/mol. The fourth-order valence-electron chi connectivity index (χ4n) is 1.08. The average Bonchev–Trinajstić information content (AvgIpc) is 2.09. The SMILES string of the molecule is C[C@H](CF)Cc1ccc(I)cc1. The van der Waals surface area contributed by atoms with Crippen LogP contribution in [0.4, 0.5) is 4.39 Å². The number of rotatable bonds is 3. The fourth-order valence-corrected chi connectivity index (χ4v) is 1.44. The minimum Gasteiger partial charge on any atom is -0.251 e. The second-order valence-electron chi connectivity index (χ2n) is 3.09. The van der Waals surface area contributed by atoms with Crippen molar-refractivity contribution in [3.63, 3.8) is 0 Å². The van der Waals surface area contributed by atoms with Crippen molar-refractivity contribution in [2.45, 2.75) is 13.3 Å². The molecule has 0 aliphatic rings. The summed E-state index contributed by atoms with van der Waals surface area (Å²) in [6.07, 6.45) is 0.841.